The number of hydrogen-bond acceptors (Lipinski definition) is 4. The maximum Gasteiger partial charge on any atom is 0.231 e. The maximum atomic E-state index is 12.5. The number of ether oxygens (including phenoxy) is 2. The molecule has 0 bridgehead atoms. The minimum Gasteiger partial charge on any atom is -0.490 e. The third-order valence-electron chi connectivity index (χ3n) is 4.55. The van der Waals surface area contributed by atoms with E-state index in [1.165, 1.54) is 0 Å². The van der Waals surface area contributed by atoms with Gasteiger partial charge in [0.15, 0.2) is 11.5 Å². The van der Waals surface area contributed by atoms with E-state index in [0.29, 0.717) is 19.0 Å². The van der Waals surface area contributed by atoms with Crippen LogP contribution in [0.1, 0.15) is 32.6 Å². The molecule has 1 heterocycles. The van der Waals surface area contributed by atoms with Gasteiger partial charge >= 0.3 is 0 Å². The van der Waals surface area contributed by atoms with Crippen molar-refractivity contribution in [3.63, 3.8) is 0 Å². The first-order chi connectivity index (χ1) is 10.1. The molecular weight excluding hydrogens is 268 g/mol. The maximum absolute atomic E-state index is 12.5. The summed E-state index contributed by atoms with van der Waals surface area (Å²) >= 11 is 0. The van der Waals surface area contributed by atoms with E-state index in [9.17, 15) is 4.79 Å². The smallest absolute Gasteiger partial charge is 0.231 e. The number of hydrogen-bond donors (Lipinski definition) is 2. The molecule has 1 aromatic rings. The van der Waals surface area contributed by atoms with Crippen molar-refractivity contribution in [3.8, 4) is 11.5 Å². The Labute approximate surface area is 124 Å². The Morgan fingerprint density at radius 2 is 2.05 bits per heavy atom. The predicted octanol–water partition coefficient (Wildman–Crippen LogP) is 2.30. The molecule has 3 rings (SSSR count). The number of carbonyl (C=O) groups is 1. The van der Waals surface area contributed by atoms with E-state index in [0.717, 1.165) is 37.1 Å². The van der Waals surface area contributed by atoms with Crippen molar-refractivity contribution in [1.29, 1.82) is 0 Å². The van der Waals surface area contributed by atoms with Crippen LogP contribution >= 0.6 is 0 Å². The Bertz CT molecular complexity index is 546. The fourth-order valence-electron chi connectivity index (χ4n) is 2.99. The normalized spacial score (nSPS) is 28.0. The number of nitrogens with two attached hydrogens (primary N) is 1. The molecule has 5 nitrogen and oxygen atoms in total. The van der Waals surface area contributed by atoms with Crippen LogP contribution in [0.5, 0.6) is 11.5 Å². The second-order valence-corrected chi connectivity index (χ2v) is 6.08. The van der Waals surface area contributed by atoms with E-state index < -0.39 is 5.41 Å². The molecule has 1 aliphatic carbocycles. The van der Waals surface area contributed by atoms with Crippen LogP contribution in [0.15, 0.2) is 18.2 Å². The SMILES string of the molecule is CC1(C(=O)Nc2ccc3c(c2)OCCCO3)CCCC1N. The Hall–Kier alpha value is -1.75. The first kappa shape index (κ1) is 14.2. The number of rotatable bonds is 2. The molecule has 1 amide bonds. The number of anilines is 1. The standard InChI is InChI=1S/C16H22N2O3/c1-16(7-2-4-14(16)17)15(19)18-11-5-6-12-13(10-11)21-9-3-8-20-12/h5-6,10,14H,2-4,7-9,17H2,1H3,(H,18,19). The topological polar surface area (TPSA) is 73.6 Å². The summed E-state index contributed by atoms with van der Waals surface area (Å²) in [4.78, 5) is 12.5. The van der Waals surface area contributed by atoms with Gasteiger partial charge < -0.3 is 20.5 Å². The van der Waals surface area contributed by atoms with E-state index in [1.807, 2.05) is 25.1 Å². The lowest BCUT2D eigenvalue weighted by Crippen LogP contribution is -2.44. The summed E-state index contributed by atoms with van der Waals surface area (Å²) in [7, 11) is 0. The van der Waals surface area contributed by atoms with Crippen LogP contribution in [0.25, 0.3) is 0 Å². The van der Waals surface area contributed by atoms with Gasteiger partial charge in [-0.25, -0.2) is 0 Å². The second kappa shape index (κ2) is 5.56. The van der Waals surface area contributed by atoms with E-state index in [2.05, 4.69) is 5.32 Å². The summed E-state index contributed by atoms with van der Waals surface area (Å²) in [5.74, 6) is 1.41. The minimum absolute atomic E-state index is 0.0120. The fraction of sp³-hybridized carbons (Fsp3) is 0.562. The van der Waals surface area contributed by atoms with Crippen molar-refractivity contribution in [1.82, 2.24) is 0 Å². The quantitative estimate of drug-likeness (QED) is 0.876. The summed E-state index contributed by atoms with van der Waals surface area (Å²) in [6.45, 7) is 3.24. The first-order valence-corrected chi connectivity index (χ1v) is 7.56. The summed E-state index contributed by atoms with van der Waals surface area (Å²) in [6.07, 6.45) is 3.62. The highest BCUT2D eigenvalue weighted by molar-refractivity contribution is 5.96. The van der Waals surface area contributed by atoms with Crippen LogP contribution in [-0.2, 0) is 4.79 Å². The molecule has 1 fully saturated rings. The molecule has 0 aromatic heterocycles. The van der Waals surface area contributed by atoms with Gasteiger partial charge in [-0.3, -0.25) is 4.79 Å². The van der Waals surface area contributed by atoms with Gasteiger partial charge in [-0.1, -0.05) is 6.42 Å². The molecule has 114 valence electrons. The molecule has 1 aliphatic heterocycles. The van der Waals surface area contributed by atoms with Crippen molar-refractivity contribution in [2.75, 3.05) is 18.5 Å². The van der Waals surface area contributed by atoms with Gasteiger partial charge in [-0.15, -0.1) is 0 Å². The molecule has 2 aliphatic rings. The molecule has 5 heteroatoms. The first-order valence-electron chi connectivity index (χ1n) is 7.56. The lowest BCUT2D eigenvalue weighted by molar-refractivity contribution is -0.125. The third kappa shape index (κ3) is 2.70. The van der Waals surface area contributed by atoms with Crippen molar-refractivity contribution >= 4 is 11.6 Å². The summed E-state index contributed by atoms with van der Waals surface area (Å²) in [5.41, 5.74) is 6.34. The molecule has 21 heavy (non-hydrogen) atoms. The molecule has 2 atom stereocenters. The highest BCUT2D eigenvalue weighted by atomic mass is 16.5. The lowest BCUT2D eigenvalue weighted by Gasteiger charge is -2.27. The molecule has 1 saturated carbocycles. The van der Waals surface area contributed by atoms with Crippen LogP contribution in [0.2, 0.25) is 0 Å². The largest absolute Gasteiger partial charge is 0.490 e. The van der Waals surface area contributed by atoms with Gasteiger partial charge in [0.2, 0.25) is 5.91 Å². The van der Waals surface area contributed by atoms with Gasteiger partial charge in [0, 0.05) is 24.2 Å². The molecule has 0 saturated heterocycles. The number of amides is 1. The van der Waals surface area contributed by atoms with Gasteiger partial charge in [0.1, 0.15) is 0 Å². The lowest BCUT2D eigenvalue weighted by atomic mass is 9.84. The summed E-state index contributed by atoms with van der Waals surface area (Å²) < 4.78 is 11.2. The third-order valence-corrected chi connectivity index (χ3v) is 4.55. The molecule has 0 radical (unpaired) electrons. The zero-order valence-corrected chi connectivity index (χ0v) is 12.4. The van der Waals surface area contributed by atoms with Gasteiger partial charge in [-0.2, -0.15) is 0 Å². The zero-order valence-electron chi connectivity index (χ0n) is 12.4. The van der Waals surface area contributed by atoms with E-state index in [-0.39, 0.29) is 11.9 Å². The molecule has 3 N–H and O–H groups in total. The predicted molar refractivity (Wildman–Crippen MR) is 80.6 cm³/mol. The van der Waals surface area contributed by atoms with Gasteiger partial charge in [0.25, 0.3) is 0 Å². The Kier molecular flexibility index (Phi) is 3.76. The number of carbonyl (C=O) groups excluding carboxylic acids is 1. The average molecular weight is 290 g/mol. The van der Waals surface area contributed by atoms with Crippen LogP contribution in [0.3, 0.4) is 0 Å². The van der Waals surface area contributed by atoms with Crippen LogP contribution < -0.4 is 20.5 Å². The van der Waals surface area contributed by atoms with Crippen molar-refractivity contribution in [2.24, 2.45) is 11.1 Å². The Morgan fingerprint density at radius 3 is 2.76 bits per heavy atom. The van der Waals surface area contributed by atoms with Crippen LogP contribution in [-0.4, -0.2) is 25.2 Å². The number of benzene rings is 1. The van der Waals surface area contributed by atoms with E-state index >= 15 is 0 Å². The summed E-state index contributed by atoms with van der Waals surface area (Å²) in [6, 6.07) is 5.43. The fourth-order valence-corrected chi connectivity index (χ4v) is 2.99. The average Bonchev–Trinajstić information content (AvgIpc) is 2.69. The monoisotopic (exact) mass is 290 g/mol. The van der Waals surface area contributed by atoms with Gasteiger partial charge in [0.05, 0.1) is 18.6 Å². The highest BCUT2D eigenvalue weighted by Crippen LogP contribution is 2.38. The van der Waals surface area contributed by atoms with E-state index in [4.69, 9.17) is 15.2 Å². The zero-order chi connectivity index (χ0) is 14.9. The van der Waals surface area contributed by atoms with Gasteiger partial charge in [-0.05, 0) is 31.9 Å². The second-order valence-electron chi connectivity index (χ2n) is 6.08. The van der Waals surface area contributed by atoms with Crippen LogP contribution in [0, 0.1) is 5.41 Å². The minimum atomic E-state index is -0.482. The number of fused-ring (bicyclic) bond motifs is 1. The van der Waals surface area contributed by atoms with Crippen LogP contribution in [0.4, 0.5) is 5.69 Å². The summed E-state index contributed by atoms with van der Waals surface area (Å²) in [5, 5.41) is 2.97. The van der Waals surface area contributed by atoms with E-state index in [1.54, 1.807) is 0 Å². The molecule has 2 unspecified atom stereocenters. The van der Waals surface area contributed by atoms with Crippen molar-refractivity contribution in [3.05, 3.63) is 18.2 Å². The molecular formula is C16H22N2O3. The number of nitrogens with one attached hydrogen (secondary N) is 1. The van der Waals surface area contributed by atoms with Crippen molar-refractivity contribution in [2.45, 2.75) is 38.6 Å². The molecule has 0 spiro atoms. The Balaban J connectivity index is 1.76. The van der Waals surface area contributed by atoms with Crippen molar-refractivity contribution < 1.29 is 14.3 Å². The Morgan fingerprint density at radius 1 is 1.29 bits per heavy atom. The highest BCUT2D eigenvalue weighted by Gasteiger charge is 2.42. The molecule has 1 aromatic carbocycles.